The number of esters is 2. The lowest BCUT2D eigenvalue weighted by Crippen LogP contribution is -2.39. The molecule has 0 spiro atoms. The fourth-order valence-electron chi connectivity index (χ4n) is 3.01. The Morgan fingerprint density at radius 1 is 0.800 bits per heavy atom. The monoisotopic (exact) mass is 632 g/mol. The van der Waals surface area contributed by atoms with Gasteiger partial charge >= 0.3 is 36.6 Å². The van der Waals surface area contributed by atoms with Crippen LogP contribution in [0.1, 0.15) is 40.5 Å². The zero-order valence-corrected chi connectivity index (χ0v) is 20.1. The normalized spacial score (nSPS) is 14.4. The van der Waals surface area contributed by atoms with Gasteiger partial charge in [0.2, 0.25) is 0 Å². The number of carbonyl (C=O) groups is 2. The molecule has 1 rings (SSSR count). The van der Waals surface area contributed by atoms with E-state index < -0.39 is 106 Å². The third kappa shape index (κ3) is 9.59. The Morgan fingerprint density at radius 2 is 1.20 bits per heavy atom. The van der Waals surface area contributed by atoms with Crippen molar-refractivity contribution >= 4 is 22.1 Å². The average Bonchev–Trinajstić information content (AvgIpc) is 2.70. The van der Waals surface area contributed by atoms with Crippen LogP contribution >= 0.6 is 0 Å². The number of rotatable bonds is 9. The van der Waals surface area contributed by atoms with Crippen molar-refractivity contribution in [2.75, 3.05) is 6.61 Å². The molecule has 0 amide bonds. The molecule has 0 saturated carbocycles. The van der Waals surface area contributed by atoms with Gasteiger partial charge in [0.15, 0.2) is 11.8 Å². The number of hydrogen-bond donors (Lipinski definition) is 2. The lowest BCUT2D eigenvalue weighted by atomic mass is 10.0. The van der Waals surface area contributed by atoms with Crippen LogP contribution in [0.25, 0.3) is 0 Å². The minimum atomic E-state index is -5.85. The Morgan fingerprint density at radius 3 is 1.57 bits per heavy atom. The van der Waals surface area contributed by atoms with Crippen molar-refractivity contribution in [2.24, 2.45) is 11.8 Å². The molecule has 0 bridgehead atoms. The van der Waals surface area contributed by atoms with E-state index in [0.29, 0.717) is 6.92 Å². The van der Waals surface area contributed by atoms with Gasteiger partial charge in [-0.25, -0.2) is 9.59 Å². The number of halogens is 12. The smallest absolute Gasteiger partial charge is 0.400 e. The first-order valence-corrected chi connectivity index (χ1v) is 11.6. The summed E-state index contributed by atoms with van der Waals surface area (Å²) in [5.74, 6) is -13.7. The Balaban J connectivity index is 3.30. The molecule has 0 aliphatic heterocycles. The van der Waals surface area contributed by atoms with Gasteiger partial charge in [0.05, 0.1) is 11.5 Å². The van der Waals surface area contributed by atoms with Gasteiger partial charge in [-0.05, 0) is 19.1 Å². The molecular weight excluding hydrogens is 616 g/mol. The van der Waals surface area contributed by atoms with Gasteiger partial charge < -0.3 is 14.6 Å². The first-order chi connectivity index (χ1) is 17.7. The maximum Gasteiger partial charge on any atom is 0.400 e. The van der Waals surface area contributed by atoms with Crippen molar-refractivity contribution in [3.05, 3.63) is 23.3 Å². The first-order valence-electron chi connectivity index (χ1n) is 10.2. The quantitative estimate of drug-likeness (QED) is 0.205. The predicted molar refractivity (Wildman–Crippen MR) is 104 cm³/mol. The molecule has 1 aromatic rings. The van der Waals surface area contributed by atoms with Crippen LogP contribution in [0.5, 0.6) is 5.75 Å². The molecule has 0 aliphatic carbocycles. The van der Waals surface area contributed by atoms with Gasteiger partial charge in [-0.2, -0.15) is 61.1 Å². The summed E-state index contributed by atoms with van der Waals surface area (Å²) < 4.78 is 193. The van der Waals surface area contributed by atoms with Gasteiger partial charge in [0, 0.05) is 12.8 Å². The fourth-order valence-corrected chi connectivity index (χ4v) is 3.54. The van der Waals surface area contributed by atoms with Gasteiger partial charge in [0.25, 0.3) is 10.1 Å². The topological polar surface area (TPSA) is 127 Å². The predicted octanol–water partition coefficient (Wildman–Crippen LogP) is 5.60. The summed E-state index contributed by atoms with van der Waals surface area (Å²) in [6.07, 6.45) is -29.4. The van der Waals surface area contributed by atoms with Gasteiger partial charge in [0.1, 0.15) is 23.0 Å². The molecule has 1 aromatic carbocycles. The standard InChI is InChI=1S/C19H16F12O8S/c1-7(4-12(18(26,27)28)19(29,30)31)39-15(34)10-6-8(40(35,36)37)5-9(13(10)32)14(33)38-3-2-11(16(20,21)22)17(23,24)25/h5-7,11-12,32H,2-4H2,1H3,(H,35,36,37). The third-order valence-corrected chi connectivity index (χ3v) is 5.75. The number of phenols is 1. The molecule has 0 heterocycles. The number of ether oxygens (including phenoxy) is 2. The van der Waals surface area contributed by atoms with Crippen molar-refractivity contribution in [1.82, 2.24) is 0 Å². The first kappa shape index (κ1) is 35.1. The van der Waals surface area contributed by atoms with Crippen molar-refractivity contribution in [3.8, 4) is 5.75 Å². The Kier molecular flexibility index (Phi) is 10.4. The molecule has 0 saturated heterocycles. The van der Waals surface area contributed by atoms with E-state index in [9.17, 15) is 80.4 Å². The molecule has 2 N–H and O–H groups in total. The van der Waals surface area contributed by atoms with Gasteiger partial charge in [-0.15, -0.1) is 0 Å². The van der Waals surface area contributed by atoms with Crippen LogP contribution in [0.15, 0.2) is 17.0 Å². The highest BCUT2D eigenvalue weighted by Gasteiger charge is 2.57. The minimum Gasteiger partial charge on any atom is -0.506 e. The van der Waals surface area contributed by atoms with Crippen molar-refractivity contribution < 1.29 is 89.8 Å². The highest BCUT2D eigenvalue weighted by molar-refractivity contribution is 7.85. The molecule has 0 aromatic heterocycles. The van der Waals surface area contributed by atoms with Crippen LogP contribution in [0, 0.1) is 11.8 Å². The van der Waals surface area contributed by atoms with E-state index in [0.717, 1.165) is 0 Å². The fraction of sp³-hybridized carbons (Fsp3) is 0.579. The lowest BCUT2D eigenvalue weighted by molar-refractivity contribution is -0.290. The van der Waals surface area contributed by atoms with E-state index in [1.165, 1.54) is 0 Å². The molecule has 230 valence electrons. The molecular formula is C19H16F12O8S. The molecule has 40 heavy (non-hydrogen) atoms. The summed E-state index contributed by atoms with van der Waals surface area (Å²) in [5.41, 5.74) is -2.93. The minimum absolute atomic E-state index is 0.0571. The summed E-state index contributed by atoms with van der Waals surface area (Å²) >= 11 is 0. The van der Waals surface area contributed by atoms with Crippen molar-refractivity contribution in [2.45, 2.75) is 55.5 Å². The van der Waals surface area contributed by atoms with E-state index in [1.54, 1.807) is 0 Å². The average molecular weight is 632 g/mol. The van der Waals surface area contributed by atoms with Gasteiger partial charge in [-0.3, -0.25) is 4.55 Å². The Labute approximate surface area is 215 Å². The van der Waals surface area contributed by atoms with Crippen LogP contribution in [0.4, 0.5) is 52.7 Å². The number of benzene rings is 1. The third-order valence-electron chi connectivity index (χ3n) is 4.92. The van der Waals surface area contributed by atoms with E-state index in [2.05, 4.69) is 9.47 Å². The van der Waals surface area contributed by atoms with E-state index in [1.807, 2.05) is 0 Å². The summed E-state index contributed by atoms with van der Waals surface area (Å²) in [7, 11) is -5.41. The SMILES string of the molecule is CC(CC(C(F)(F)F)C(F)(F)F)OC(=O)c1cc(S(=O)(=O)O)cc(C(=O)OCCC(C(F)(F)F)C(F)(F)F)c1O. The van der Waals surface area contributed by atoms with E-state index in [-0.39, 0.29) is 12.1 Å². The number of alkyl halides is 12. The van der Waals surface area contributed by atoms with Crippen LogP contribution < -0.4 is 0 Å². The van der Waals surface area contributed by atoms with E-state index >= 15 is 0 Å². The highest BCUT2D eigenvalue weighted by Crippen LogP contribution is 2.43. The molecule has 1 atom stereocenters. The second-order valence-electron chi connectivity index (χ2n) is 7.99. The second kappa shape index (κ2) is 11.9. The summed E-state index contributed by atoms with van der Waals surface area (Å²) in [4.78, 5) is 23.0. The molecule has 21 heteroatoms. The number of aromatic hydroxyl groups is 1. The number of carbonyl (C=O) groups excluding carboxylic acids is 2. The molecule has 1 unspecified atom stereocenters. The van der Waals surface area contributed by atoms with Crippen molar-refractivity contribution in [3.63, 3.8) is 0 Å². The molecule has 0 radical (unpaired) electrons. The largest absolute Gasteiger partial charge is 0.506 e. The van der Waals surface area contributed by atoms with Crippen molar-refractivity contribution in [1.29, 1.82) is 0 Å². The van der Waals surface area contributed by atoms with Crippen LogP contribution in [0.3, 0.4) is 0 Å². The van der Waals surface area contributed by atoms with E-state index in [4.69, 9.17) is 0 Å². The summed E-state index contributed by atoms with van der Waals surface area (Å²) in [6.45, 7) is -1.09. The van der Waals surface area contributed by atoms with Crippen LogP contribution in [-0.2, 0) is 19.6 Å². The molecule has 8 nitrogen and oxygen atoms in total. The second-order valence-corrected chi connectivity index (χ2v) is 9.41. The van der Waals surface area contributed by atoms with Crippen LogP contribution in [-0.4, -0.2) is 67.4 Å². The zero-order chi connectivity index (χ0) is 31.6. The Bertz CT molecular complexity index is 1160. The van der Waals surface area contributed by atoms with Gasteiger partial charge in [-0.1, -0.05) is 0 Å². The summed E-state index contributed by atoms with van der Waals surface area (Å²) in [5, 5.41) is 10.1. The number of phenolic OH excluding ortho intramolecular Hbond substituents is 1. The molecule has 0 aliphatic rings. The van der Waals surface area contributed by atoms with Crippen LogP contribution in [0.2, 0.25) is 0 Å². The zero-order valence-electron chi connectivity index (χ0n) is 19.3. The maximum atomic E-state index is 12.7. The number of hydrogen-bond acceptors (Lipinski definition) is 7. The molecule has 0 fully saturated rings. The highest BCUT2D eigenvalue weighted by atomic mass is 32.2. The summed E-state index contributed by atoms with van der Waals surface area (Å²) in [6, 6.07) is 0.117. The Hall–Kier alpha value is -2.97. The lowest BCUT2D eigenvalue weighted by Gasteiger charge is -2.25. The maximum absolute atomic E-state index is 12.7.